The van der Waals surface area contributed by atoms with E-state index in [0.717, 1.165) is 33.6 Å². The van der Waals surface area contributed by atoms with Crippen LogP contribution in [0, 0.1) is 13.8 Å². The average Bonchev–Trinajstić information content (AvgIpc) is 3.37. The first-order valence-electron chi connectivity index (χ1n) is 10.8. The molecule has 0 fully saturated rings. The molecule has 164 valence electrons. The topological polar surface area (TPSA) is 68.0 Å². The van der Waals surface area contributed by atoms with Gasteiger partial charge in [0.05, 0.1) is 17.1 Å². The van der Waals surface area contributed by atoms with Crippen molar-refractivity contribution in [1.82, 2.24) is 9.36 Å². The van der Waals surface area contributed by atoms with E-state index in [2.05, 4.69) is 33.7 Å². The van der Waals surface area contributed by atoms with E-state index in [9.17, 15) is 4.79 Å². The zero-order chi connectivity index (χ0) is 22.9. The number of nitrogens with zero attached hydrogens (tertiary/aromatic N) is 2. The number of fused-ring (bicyclic) bond motifs is 1. The lowest BCUT2D eigenvalue weighted by atomic mass is 9.98. The first-order valence-corrected chi connectivity index (χ1v) is 11.6. The molecule has 0 spiro atoms. The smallest absolute Gasteiger partial charge is 0.196 e. The van der Waals surface area contributed by atoms with Crippen molar-refractivity contribution in [3.63, 3.8) is 0 Å². The Morgan fingerprint density at radius 1 is 1.06 bits per heavy atom. The van der Waals surface area contributed by atoms with E-state index < -0.39 is 0 Å². The number of aryl methyl sites for hydroxylation is 1. The minimum absolute atomic E-state index is 0.0184. The molecule has 0 saturated heterocycles. The van der Waals surface area contributed by atoms with Crippen LogP contribution in [-0.4, -0.2) is 9.36 Å². The van der Waals surface area contributed by atoms with E-state index >= 15 is 0 Å². The van der Waals surface area contributed by atoms with Crippen LogP contribution in [0.25, 0.3) is 33.6 Å². The van der Waals surface area contributed by atoms with Gasteiger partial charge < -0.3 is 9.73 Å². The standard InChI is InChI=1S/C27H23N3O2S/c1-16-13-21(18(3)29-23-9-5-4-8-20(23)24-10-12-33-30-24)27-22(14-16)25(31)17(2)26(32-27)19-7-6-11-28-15-19/h4-15,18,29H,1-3H3/t18-/m1/s1. The SMILES string of the molecule is Cc1cc([C@@H](C)Nc2ccccc2-c2ccsn2)c2oc(-c3cccnc3)c(C)c(=O)c2c1. The van der Waals surface area contributed by atoms with Crippen molar-refractivity contribution in [2.75, 3.05) is 5.32 Å². The van der Waals surface area contributed by atoms with Crippen LogP contribution in [-0.2, 0) is 0 Å². The second kappa shape index (κ2) is 8.64. The Kier molecular flexibility index (Phi) is 5.52. The molecule has 3 heterocycles. The summed E-state index contributed by atoms with van der Waals surface area (Å²) < 4.78 is 10.9. The van der Waals surface area contributed by atoms with Gasteiger partial charge in [0.15, 0.2) is 5.43 Å². The number of aromatic nitrogens is 2. The molecule has 0 bridgehead atoms. The third kappa shape index (κ3) is 3.94. The second-order valence-corrected chi connectivity index (χ2v) is 8.82. The van der Waals surface area contributed by atoms with Gasteiger partial charge in [-0.05, 0) is 68.2 Å². The summed E-state index contributed by atoms with van der Waals surface area (Å²) in [5, 5.41) is 6.18. The molecule has 0 saturated carbocycles. The highest BCUT2D eigenvalue weighted by Crippen LogP contribution is 2.34. The second-order valence-electron chi connectivity index (χ2n) is 8.15. The van der Waals surface area contributed by atoms with E-state index in [4.69, 9.17) is 4.42 Å². The molecular formula is C27H23N3O2S. The Balaban J connectivity index is 1.64. The van der Waals surface area contributed by atoms with Gasteiger partial charge in [-0.2, -0.15) is 4.37 Å². The summed E-state index contributed by atoms with van der Waals surface area (Å²) >= 11 is 1.43. The summed E-state index contributed by atoms with van der Waals surface area (Å²) in [5.41, 5.74) is 6.85. The number of hydrogen-bond donors (Lipinski definition) is 1. The van der Waals surface area contributed by atoms with Crippen LogP contribution in [0.5, 0.6) is 0 Å². The van der Waals surface area contributed by atoms with Gasteiger partial charge in [-0.3, -0.25) is 9.78 Å². The Hall–Kier alpha value is -3.77. The van der Waals surface area contributed by atoms with Crippen molar-refractivity contribution >= 4 is 28.2 Å². The van der Waals surface area contributed by atoms with Gasteiger partial charge in [-0.15, -0.1) is 0 Å². The highest BCUT2D eigenvalue weighted by Gasteiger charge is 2.20. The first-order chi connectivity index (χ1) is 16.0. The number of pyridine rings is 1. The zero-order valence-corrected chi connectivity index (χ0v) is 19.4. The lowest BCUT2D eigenvalue weighted by Crippen LogP contribution is -2.12. The van der Waals surface area contributed by atoms with E-state index in [1.807, 2.05) is 54.8 Å². The van der Waals surface area contributed by atoms with Gasteiger partial charge in [-0.25, -0.2) is 0 Å². The summed E-state index contributed by atoms with van der Waals surface area (Å²) in [7, 11) is 0. The number of anilines is 1. The number of nitrogens with one attached hydrogen (secondary N) is 1. The summed E-state index contributed by atoms with van der Waals surface area (Å²) in [6.07, 6.45) is 3.43. The van der Waals surface area contributed by atoms with Gasteiger partial charge in [0.2, 0.25) is 0 Å². The first kappa shape index (κ1) is 21.1. The van der Waals surface area contributed by atoms with Crippen molar-refractivity contribution in [3.05, 3.63) is 99.3 Å². The van der Waals surface area contributed by atoms with Gasteiger partial charge in [0.1, 0.15) is 11.3 Å². The largest absolute Gasteiger partial charge is 0.455 e. The van der Waals surface area contributed by atoms with Crippen molar-refractivity contribution in [2.24, 2.45) is 0 Å². The Labute approximate surface area is 195 Å². The normalized spacial score (nSPS) is 12.1. The fourth-order valence-corrected chi connectivity index (χ4v) is 4.68. The summed E-state index contributed by atoms with van der Waals surface area (Å²) in [6, 6.07) is 17.8. The maximum atomic E-state index is 13.3. The number of benzene rings is 2. The molecule has 5 nitrogen and oxygen atoms in total. The molecule has 1 N–H and O–H groups in total. The van der Waals surface area contributed by atoms with Crippen LogP contribution >= 0.6 is 11.5 Å². The third-order valence-electron chi connectivity index (χ3n) is 5.80. The Morgan fingerprint density at radius 2 is 1.91 bits per heavy atom. The molecule has 5 rings (SSSR count). The molecule has 0 aliphatic carbocycles. The molecule has 33 heavy (non-hydrogen) atoms. The summed E-state index contributed by atoms with van der Waals surface area (Å²) in [6.45, 7) is 5.89. The summed E-state index contributed by atoms with van der Waals surface area (Å²) in [5.74, 6) is 0.556. The van der Waals surface area contributed by atoms with Gasteiger partial charge in [-0.1, -0.05) is 24.3 Å². The van der Waals surface area contributed by atoms with Gasteiger partial charge in [0.25, 0.3) is 0 Å². The molecule has 0 unspecified atom stereocenters. The Bertz CT molecular complexity index is 1490. The predicted molar refractivity (Wildman–Crippen MR) is 135 cm³/mol. The van der Waals surface area contributed by atoms with Crippen molar-refractivity contribution in [3.8, 4) is 22.6 Å². The molecular weight excluding hydrogens is 430 g/mol. The molecule has 0 radical (unpaired) electrons. The van der Waals surface area contributed by atoms with Crippen LogP contribution in [0.15, 0.2) is 81.6 Å². The third-order valence-corrected chi connectivity index (χ3v) is 6.35. The molecule has 5 aromatic rings. The molecule has 0 aliphatic rings. The molecule has 2 aromatic carbocycles. The number of rotatable bonds is 5. The van der Waals surface area contributed by atoms with Gasteiger partial charge >= 0.3 is 0 Å². The van der Waals surface area contributed by atoms with E-state index in [-0.39, 0.29) is 11.5 Å². The predicted octanol–water partition coefficient (Wildman–Crippen LogP) is 6.77. The van der Waals surface area contributed by atoms with Crippen LogP contribution in [0.3, 0.4) is 0 Å². The van der Waals surface area contributed by atoms with Gasteiger partial charge in [0, 0.05) is 45.7 Å². The minimum atomic E-state index is -0.111. The van der Waals surface area contributed by atoms with Crippen LogP contribution < -0.4 is 10.7 Å². The van der Waals surface area contributed by atoms with Crippen molar-refractivity contribution in [1.29, 1.82) is 0 Å². The molecule has 6 heteroatoms. The highest BCUT2D eigenvalue weighted by molar-refractivity contribution is 7.03. The van der Waals surface area contributed by atoms with Crippen LogP contribution in [0.1, 0.15) is 29.7 Å². The maximum absolute atomic E-state index is 13.3. The Morgan fingerprint density at radius 3 is 2.67 bits per heavy atom. The molecule has 0 amide bonds. The van der Waals surface area contributed by atoms with E-state index in [1.54, 1.807) is 19.3 Å². The van der Waals surface area contributed by atoms with Crippen LogP contribution in [0.4, 0.5) is 5.69 Å². The average molecular weight is 454 g/mol. The monoisotopic (exact) mass is 453 g/mol. The van der Waals surface area contributed by atoms with Crippen molar-refractivity contribution in [2.45, 2.75) is 26.8 Å². The van der Waals surface area contributed by atoms with Crippen LogP contribution in [0.2, 0.25) is 0 Å². The van der Waals surface area contributed by atoms with E-state index in [0.29, 0.717) is 22.3 Å². The maximum Gasteiger partial charge on any atom is 0.196 e. The lowest BCUT2D eigenvalue weighted by Gasteiger charge is -2.20. The fourth-order valence-electron chi connectivity index (χ4n) is 4.16. The molecule has 3 aromatic heterocycles. The zero-order valence-electron chi connectivity index (χ0n) is 18.6. The van der Waals surface area contributed by atoms with E-state index in [1.165, 1.54) is 11.5 Å². The highest BCUT2D eigenvalue weighted by atomic mass is 32.1. The lowest BCUT2D eigenvalue weighted by molar-refractivity contribution is 0.605. The minimum Gasteiger partial charge on any atom is -0.455 e. The molecule has 0 aliphatic heterocycles. The number of hydrogen-bond acceptors (Lipinski definition) is 6. The van der Waals surface area contributed by atoms with Crippen molar-refractivity contribution < 1.29 is 4.42 Å². The summed E-state index contributed by atoms with van der Waals surface area (Å²) in [4.78, 5) is 17.5. The molecule has 1 atom stereocenters. The number of para-hydroxylation sites is 1. The quantitative estimate of drug-likeness (QED) is 0.318. The fraction of sp³-hybridized carbons (Fsp3) is 0.148.